The second-order valence-corrected chi connectivity index (χ2v) is 9.22. The lowest BCUT2D eigenvalue weighted by Gasteiger charge is -2.18. The molecular weight excluding hydrogens is 500 g/mol. The average molecular weight is 521 g/mol. The van der Waals surface area contributed by atoms with E-state index in [2.05, 4.69) is 15.5 Å². The molecule has 182 valence electrons. The average Bonchev–Trinajstić information content (AvgIpc) is 3.31. The first-order valence-electron chi connectivity index (χ1n) is 11.2. The summed E-state index contributed by atoms with van der Waals surface area (Å²) in [4.78, 5) is 24.6. The van der Waals surface area contributed by atoms with E-state index in [1.807, 2.05) is 54.0 Å². The Morgan fingerprint density at radius 3 is 2.75 bits per heavy atom. The van der Waals surface area contributed by atoms with Crippen LogP contribution < -0.4 is 14.8 Å². The lowest BCUT2D eigenvalue weighted by atomic mass is 10.1. The molecule has 0 atom stereocenters. The Hall–Kier alpha value is -3.82. The van der Waals surface area contributed by atoms with Crippen molar-refractivity contribution in [2.75, 3.05) is 24.3 Å². The first-order valence-corrected chi connectivity index (χ1v) is 12.6. The number of hydrogen-bond acceptors (Lipinski definition) is 7. The SMILES string of the molecule is CCOc1ccc(-n2c(SCC(=O)c3ccc4c(c3)NC(=O)CO4)nnc2-c2cccc(Cl)c2)cc1. The van der Waals surface area contributed by atoms with Crippen molar-refractivity contribution in [3.63, 3.8) is 0 Å². The Kier molecular flexibility index (Phi) is 6.92. The molecule has 10 heteroatoms. The highest BCUT2D eigenvalue weighted by atomic mass is 35.5. The summed E-state index contributed by atoms with van der Waals surface area (Å²) < 4.78 is 12.8. The van der Waals surface area contributed by atoms with E-state index in [0.717, 1.165) is 17.0 Å². The maximum Gasteiger partial charge on any atom is 0.262 e. The Morgan fingerprint density at radius 2 is 1.97 bits per heavy atom. The minimum atomic E-state index is -0.251. The number of nitrogens with one attached hydrogen (secondary N) is 1. The summed E-state index contributed by atoms with van der Waals surface area (Å²) in [5, 5.41) is 12.6. The molecule has 0 spiro atoms. The number of thioether (sulfide) groups is 1. The third-order valence-electron chi connectivity index (χ3n) is 5.39. The molecule has 1 amide bonds. The predicted octanol–water partition coefficient (Wildman–Crippen LogP) is 5.29. The maximum absolute atomic E-state index is 13.0. The molecule has 0 bridgehead atoms. The third-order valence-corrected chi connectivity index (χ3v) is 6.55. The van der Waals surface area contributed by atoms with E-state index in [1.54, 1.807) is 24.3 Å². The number of ether oxygens (including phenoxy) is 2. The van der Waals surface area contributed by atoms with Crippen LogP contribution in [0.3, 0.4) is 0 Å². The number of carbonyl (C=O) groups is 2. The summed E-state index contributed by atoms with van der Waals surface area (Å²) in [7, 11) is 0. The van der Waals surface area contributed by atoms with E-state index in [-0.39, 0.29) is 24.1 Å². The van der Waals surface area contributed by atoms with Gasteiger partial charge in [-0.1, -0.05) is 35.5 Å². The van der Waals surface area contributed by atoms with Gasteiger partial charge < -0.3 is 14.8 Å². The molecule has 1 aliphatic heterocycles. The molecule has 2 heterocycles. The summed E-state index contributed by atoms with van der Waals surface area (Å²) in [6, 6.07) is 20.0. The second-order valence-electron chi connectivity index (χ2n) is 7.84. The van der Waals surface area contributed by atoms with Gasteiger partial charge in [-0.3, -0.25) is 14.2 Å². The van der Waals surface area contributed by atoms with Crippen molar-refractivity contribution in [1.29, 1.82) is 0 Å². The lowest BCUT2D eigenvalue weighted by molar-refractivity contribution is -0.118. The zero-order chi connectivity index (χ0) is 25.1. The van der Waals surface area contributed by atoms with E-state index in [1.165, 1.54) is 11.8 Å². The number of Topliss-reactive ketones (excluding diaryl/α,β-unsaturated/α-hetero) is 1. The number of halogens is 1. The molecular formula is C26H21ClN4O4S. The lowest BCUT2D eigenvalue weighted by Crippen LogP contribution is -2.25. The van der Waals surface area contributed by atoms with Crippen LogP contribution in [0.4, 0.5) is 5.69 Å². The van der Waals surface area contributed by atoms with Crippen LogP contribution in [0.15, 0.2) is 71.9 Å². The normalized spacial score (nSPS) is 12.4. The van der Waals surface area contributed by atoms with Gasteiger partial charge in [0.1, 0.15) is 11.5 Å². The van der Waals surface area contributed by atoms with Crippen LogP contribution in [0, 0.1) is 0 Å². The summed E-state index contributed by atoms with van der Waals surface area (Å²) in [5.41, 5.74) is 2.58. The first kappa shape index (κ1) is 23.9. The van der Waals surface area contributed by atoms with Gasteiger partial charge in [0.05, 0.1) is 18.0 Å². The number of nitrogens with zero attached hydrogens (tertiary/aromatic N) is 3. The molecule has 1 aromatic heterocycles. The van der Waals surface area contributed by atoms with Gasteiger partial charge in [0, 0.05) is 21.8 Å². The fraction of sp³-hybridized carbons (Fsp3) is 0.154. The quantitative estimate of drug-likeness (QED) is 0.249. The number of amides is 1. The molecule has 0 saturated carbocycles. The molecule has 1 aliphatic rings. The fourth-order valence-electron chi connectivity index (χ4n) is 3.74. The highest BCUT2D eigenvalue weighted by Gasteiger charge is 2.20. The van der Waals surface area contributed by atoms with Crippen molar-refractivity contribution in [2.45, 2.75) is 12.1 Å². The monoisotopic (exact) mass is 520 g/mol. The van der Waals surface area contributed by atoms with Gasteiger partial charge in [-0.05, 0) is 61.5 Å². The van der Waals surface area contributed by atoms with E-state index >= 15 is 0 Å². The minimum Gasteiger partial charge on any atom is -0.494 e. The van der Waals surface area contributed by atoms with Crippen LogP contribution in [0.25, 0.3) is 17.1 Å². The minimum absolute atomic E-state index is 0.0354. The Bertz CT molecular complexity index is 1440. The Morgan fingerprint density at radius 1 is 1.14 bits per heavy atom. The number of hydrogen-bond donors (Lipinski definition) is 1. The fourth-order valence-corrected chi connectivity index (χ4v) is 4.78. The van der Waals surface area contributed by atoms with Crippen molar-refractivity contribution >= 4 is 40.7 Å². The van der Waals surface area contributed by atoms with Crippen molar-refractivity contribution in [3.05, 3.63) is 77.3 Å². The highest BCUT2D eigenvalue weighted by Crippen LogP contribution is 2.32. The Labute approximate surface area is 216 Å². The summed E-state index contributed by atoms with van der Waals surface area (Å²) in [6.45, 7) is 2.47. The largest absolute Gasteiger partial charge is 0.494 e. The number of benzene rings is 3. The molecule has 36 heavy (non-hydrogen) atoms. The molecule has 4 aromatic rings. The number of anilines is 1. The van der Waals surface area contributed by atoms with E-state index in [9.17, 15) is 9.59 Å². The van der Waals surface area contributed by atoms with Crippen LogP contribution >= 0.6 is 23.4 Å². The standard InChI is InChI=1S/C26H21ClN4O4S/c1-2-34-20-9-7-19(8-10-20)31-25(17-4-3-5-18(27)12-17)29-30-26(31)36-15-22(32)16-6-11-23-21(13-16)28-24(33)14-35-23/h3-13H,2,14-15H2,1H3,(H,28,33). The van der Waals surface area contributed by atoms with Crippen LogP contribution in [0.1, 0.15) is 17.3 Å². The van der Waals surface area contributed by atoms with E-state index in [4.69, 9.17) is 21.1 Å². The highest BCUT2D eigenvalue weighted by molar-refractivity contribution is 7.99. The molecule has 3 aromatic carbocycles. The molecule has 0 saturated heterocycles. The molecule has 5 rings (SSSR count). The van der Waals surface area contributed by atoms with Gasteiger partial charge in [-0.2, -0.15) is 0 Å². The Balaban J connectivity index is 1.43. The number of ketones is 1. The zero-order valence-corrected chi connectivity index (χ0v) is 20.8. The number of rotatable bonds is 8. The van der Waals surface area contributed by atoms with Gasteiger partial charge in [0.25, 0.3) is 5.91 Å². The zero-order valence-electron chi connectivity index (χ0n) is 19.2. The van der Waals surface area contributed by atoms with Gasteiger partial charge in [-0.25, -0.2) is 0 Å². The summed E-state index contributed by atoms with van der Waals surface area (Å²) in [6.07, 6.45) is 0. The topological polar surface area (TPSA) is 95.3 Å². The number of carbonyl (C=O) groups excluding carboxylic acids is 2. The number of fused-ring (bicyclic) bond motifs is 1. The van der Waals surface area contributed by atoms with E-state index < -0.39 is 0 Å². The molecule has 0 aliphatic carbocycles. The summed E-state index contributed by atoms with van der Waals surface area (Å²) >= 11 is 7.50. The van der Waals surface area contributed by atoms with E-state index in [0.29, 0.717) is 39.6 Å². The van der Waals surface area contributed by atoms with Crippen molar-refractivity contribution in [1.82, 2.24) is 14.8 Å². The van der Waals surface area contributed by atoms with Crippen LogP contribution in [0.5, 0.6) is 11.5 Å². The van der Waals surface area contributed by atoms with Crippen LogP contribution in [0.2, 0.25) is 5.02 Å². The molecule has 1 N–H and O–H groups in total. The van der Waals surface area contributed by atoms with Crippen molar-refractivity contribution < 1.29 is 19.1 Å². The van der Waals surface area contributed by atoms with Crippen LogP contribution in [-0.4, -0.2) is 45.4 Å². The predicted molar refractivity (Wildman–Crippen MR) is 139 cm³/mol. The summed E-state index contributed by atoms with van der Waals surface area (Å²) in [5.74, 6) is 1.65. The van der Waals surface area contributed by atoms with Gasteiger partial charge in [0.15, 0.2) is 23.4 Å². The van der Waals surface area contributed by atoms with Gasteiger partial charge in [0.2, 0.25) is 0 Å². The molecule has 0 radical (unpaired) electrons. The maximum atomic E-state index is 13.0. The molecule has 0 fully saturated rings. The smallest absolute Gasteiger partial charge is 0.262 e. The number of aromatic nitrogens is 3. The second kappa shape index (κ2) is 10.4. The van der Waals surface area contributed by atoms with Gasteiger partial charge in [-0.15, -0.1) is 10.2 Å². The third kappa shape index (κ3) is 5.07. The van der Waals surface area contributed by atoms with Crippen molar-refractivity contribution in [3.8, 4) is 28.6 Å². The van der Waals surface area contributed by atoms with Gasteiger partial charge >= 0.3 is 0 Å². The molecule has 0 unspecified atom stereocenters. The van der Waals surface area contributed by atoms with Crippen LogP contribution in [-0.2, 0) is 4.79 Å². The molecule has 8 nitrogen and oxygen atoms in total. The first-order chi connectivity index (χ1) is 17.5. The van der Waals surface area contributed by atoms with Crippen molar-refractivity contribution in [2.24, 2.45) is 0 Å².